The van der Waals surface area contributed by atoms with Crippen LogP contribution < -0.4 is 10.2 Å². The van der Waals surface area contributed by atoms with Gasteiger partial charge < -0.3 is 28.8 Å². The molecule has 0 saturated carbocycles. The van der Waals surface area contributed by atoms with Crippen LogP contribution >= 0.6 is 7.82 Å². The van der Waals surface area contributed by atoms with Crippen LogP contribution in [0, 0.1) is 0 Å². The van der Waals surface area contributed by atoms with Gasteiger partial charge in [0, 0.05) is 6.42 Å². The van der Waals surface area contributed by atoms with E-state index in [-0.39, 0.29) is 19.1 Å². The van der Waals surface area contributed by atoms with E-state index in [2.05, 4.69) is 12.2 Å². The molecule has 0 rings (SSSR count). The van der Waals surface area contributed by atoms with Gasteiger partial charge in [-0.2, -0.15) is 0 Å². The topological polar surface area (TPSA) is 108 Å². The summed E-state index contributed by atoms with van der Waals surface area (Å²) in [5.74, 6) is -0.198. The number of amides is 1. The molecular weight excluding hydrogens is 647 g/mol. The van der Waals surface area contributed by atoms with Gasteiger partial charge in [0.05, 0.1) is 39.9 Å². The lowest BCUT2D eigenvalue weighted by Gasteiger charge is -2.30. The maximum Gasteiger partial charge on any atom is 0.268 e. The van der Waals surface area contributed by atoms with Gasteiger partial charge in [-0.3, -0.25) is 9.36 Å². The third kappa shape index (κ3) is 35.9. The highest BCUT2D eigenvalue weighted by atomic mass is 31.2. The molecule has 0 aliphatic carbocycles. The maximum atomic E-state index is 12.4. The number of hydrogen-bond donors (Lipinski definition) is 2. The fourth-order valence-electron chi connectivity index (χ4n) is 6.37. The number of carbonyl (C=O) groups excluding carboxylic acids is 1. The number of phosphoric acid groups is 1. The number of likely N-dealkylation sites (N-methyl/N-ethyl adjacent to an activating group) is 1. The molecule has 0 aromatic carbocycles. The van der Waals surface area contributed by atoms with Crippen molar-refractivity contribution in [3.05, 3.63) is 0 Å². The molecule has 0 aliphatic rings. The van der Waals surface area contributed by atoms with Crippen LogP contribution in [0.25, 0.3) is 0 Å². The van der Waals surface area contributed by atoms with Crippen molar-refractivity contribution >= 4 is 13.7 Å². The SMILES string of the molecule is CCCCCCCCCCCCCCCCCCCCCCCCCCCCC(O)C(COP(=O)([O-])OCC[N+](C)(C)C)NC(=O)CCCC. The van der Waals surface area contributed by atoms with E-state index in [0.29, 0.717) is 23.9 Å². The van der Waals surface area contributed by atoms with Crippen molar-refractivity contribution < 1.29 is 32.9 Å². The number of carbonyl (C=O) groups is 1. The Morgan fingerprint density at radius 2 is 0.980 bits per heavy atom. The second-order valence-corrected chi connectivity index (χ2v) is 17.5. The summed E-state index contributed by atoms with van der Waals surface area (Å²) in [7, 11) is 1.31. The van der Waals surface area contributed by atoms with Crippen LogP contribution in [-0.2, 0) is 18.4 Å². The van der Waals surface area contributed by atoms with Crippen LogP contribution in [-0.4, -0.2) is 68.5 Å². The average molecular weight is 733 g/mol. The van der Waals surface area contributed by atoms with Gasteiger partial charge in [0.25, 0.3) is 7.82 Å². The molecular formula is C41H85N2O6P. The fraction of sp³-hybridized carbons (Fsp3) is 0.976. The van der Waals surface area contributed by atoms with Gasteiger partial charge in [-0.25, -0.2) is 0 Å². The van der Waals surface area contributed by atoms with Crippen LogP contribution in [0.15, 0.2) is 0 Å². The minimum absolute atomic E-state index is 0.0138. The molecule has 0 heterocycles. The zero-order valence-electron chi connectivity index (χ0n) is 33.9. The minimum Gasteiger partial charge on any atom is -0.756 e. The monoisotopic (exact) mass is 733 g/mol. The van der Waals surface area contributed by atoms with Crippen LogP contribution in [0.3, 0.4) is 0 Å². The zero-order valence-corrected chi connectivity index (χ0v) is 34.8. The second-order valence-electron chi connectivity index (χ2n) is 16.1. The summed E-state index contributed by atoms with van der Waals surface area (Å²) in [6.07, 6.45) is 36.7. The molecule has 1 amide bonds. The van der Waals surface area contributed by atoms with E-state index in [9.17, 15) is 19.4 Å². The number of phosphoric ester groups is 1. The molecule has 0 aromatic rings. The van der Waals surface area contributed by atoms with Gasteiger partial charge in [0.1, 0.15) is 13.2 Å². The van der Waals surface area contributed by atoms with Crippen molar-refractivity contribution in [3.63, 3.8) is 0 Å². The molecule has 0 radical (unpaired) electrons. The van der Waals surface area contributed by atoms with Crippen molar-refractivity contribution in [1.82, 2.24) is 5.32 Å². The highest BCUT2D eigenvalue weighted by Crippen LogP contribution is 2.38. The van der Waals surface area contributed by atoms with Crippen molar-refractivity contribution in [2.75, 3.05) is 40.9 Å². The Morgan fingerprint density at radius 3 is 1.34 bits per heavy atom. The number of unbranched alkanes of at least 4 members (excludes halogenated alkanes) is 26. The first kappa shape index (κ1) is 49.5. The molecule has 0 aliphatic heterocycles. The molecule has 0 saturated heterocycles. The quantitative estimate of drug-likeness (QED) is 0.0370. The molecule has 50 heavy (non-hydrogen) atoms. The van der Waals surface area contributed by atoms with E-state index in [0.717, 1.165) is 32.1 Å². The van der Waals surface area contributed by atoms with Gasteiger partial charge >= 0.3 is 0 Å². The van der Waals surface area contributed by atoms with E-state index < -0.39 is 20.0 Å². The molecule has 9 heteroatoms. The predicted octanol–water partition coefficient (Wildman–Crippen LogP) is 10.8. The predicted molar refractivity (Wildman–Crippen MR) is 210 cm³/mol. The van der Waals surface area contributed by atoms with Gasteiger partial charge in [-0.05, 0) is 12.8 Å². The smallest absolute Gasteiger partial charge is 0.268 e. The summed E-state index contributed by atoms with van der Waals surface area (Å²) in [5, 5.41) is 13.6. The number of nitrogens with one attached hydrogen (secondary N) is 1. The molecule has 300 valence electrons. The number of quaternary nitrogens is 1. The Labute approximate surface area is 310 Å². The largest absolute Gasteiger partial charge is 0.756 e. The molecule has 3 unspecified atom stereocenters. The first-order valence-electron chi connectivity index (χ1n) is 21.4. The lowest BCUT2D eigenvalue weighted by molar-refractivity contribution is -0.870. The summed E-state index contributed by atoms with van der Waals surface area (Å²) >= 11 is 0. The molecule has 0 aromatic heterocycles. The molecule has 0 fully saturated rings. The molecule has 2 N–H and O–H groups in total. The zero-order chi connectivity index (χ0) is 37.2. The molecule has 0 spiro atoms. The van der Waals surface area contributed by atoms with E-state index in [4.69, 9.17) is 9.05 Å². The summed E-state index contributed by atoms with van der Waals surface area (Å²) in [6.45, 7) is 4.49. The summed E-state index contributed by atoms with van der Waals surface area (Å²) in [5.41, 5.74) is 0. The highest BCUT2D eigenvalue weighted by Gasteiger charge is 2.24. The molecule has 0 bridgehead atoms. The van der Waals surface area contributed by atoms with Gasteiger partial charge in [-0.1, -0.05) is 187 Å². The van der Waals surface area contributed by atoms with Gasteiger partial charge in [0.15, 0.2) is 0 Å². The van der Waals surface area contributed by atoms with Crippen LogP contribution in [0.4, 0.5) is 0 Å². The Hall–Kier alpha value is -0.500. The number of rotatable bonds is 39. The van der Waals surface area contributed by atoms with Crippen molar-refractivity contribution in [2.45, 2.75) is 219 Å². The number of aliphatic hydroxyl groups excluding tert-OH is 1. The van der Waals surface area contributed by atoms with E-state index >= 15 is 0 Å². The van der Waals surface area contributed by atoms with E-state index in [1.54, 1.807) is 0 Å². The Morgan fingerprint density at radius 1 is 0.620 bits per heavy atom. The number of nitrogens with zero attached hydrogens (tertiary/aromatic N) is 1. The lowest BCUT2D eigenvalue weighted by atomic mass is 10.0. The summed E-state index contributed by atoms with van der Waals surface area (Å²) in [6, 6.07) is -0.789. The third-order valence-electron chi connectivity index (χ3n) is 9.85. The van der Waals surface area contributed by atoms with Gasteiger partial charge in [-0.15, -0.1) is 0 Å². The van der Waals surface area contributed by atoms with Crippen molar-refractivity contribution in [2.24, 2.45) is 0 Å². The standard InChI is InChI=1S/C41H85N2O6P/c1-6-8-10-11-12-13-14-15-16-17-18-19-20-21-22-23-24-25-26-27-28-29-30-31-32-33-34-40(44)39(42-41(45)35-9-7-2)38-49-50(46,47)48-37-36-43(3,4)5/h39-40,44H,6-38H2,1-5H3,(H-,42,45,46,47). The Bertz CT molecular complexity index is 794. The third-order valence-corrected chi connectivity index (χ3v) is 10.8. The fourth-order valence-corrected chi connectivity index (χ4v) is 7.09. The molecule has 3 atom stereocenters. The highest BCUT2D eigenvalue weighted by molar-refractivity contribution is 7.45. The van der Waals surface area contributed by atoms with Crippen LogP contribution in [0.2, 0.25) is 0 Å². The van der Waals surface area contributed by atoms with E-state index in [1.165, 1.54) is 148 Å². The van der Waals surface area contributed by atoms with Crippen molar-refractivity contribution in [1.29, 1.82) is 0 Å². The first-order valence-corrected chi connectivity index (χ1v) is 22.8. The Kier molecular flexibility index (Phi) is 33.9. The van der Waals surface area contributed by atoms with Crippen LogP contribution in [0.1, 0.15) is 206 Å². The average Bonchev–Trinajstić information content (AvgIpc) is 3.06. The lowest BCUT2D eigenvalue weighted by Crippen LogP contribution is -2.46. The van der Waals surface area contributed by atoms with Gasteiger partial charge in [0.2, 0.25) is 5.91 Å². The molecule has 8 nitrogen and oxygen atoms in total. The van der Waals surface area contributed by atoms with Crippen molar-refractivity contribution in [3.8, 4) is 0 Å². The normalized spacial score (nSPS) is 14.5. The Balaban J connectivity index is 3.80. The minimum atomic E-state index is -4.53. The summed E-state index contributed by atoms with van der Waals surface area (Å²) in [4.78, 5) is 24.6. The van der Waals surface area contributed by atoms with Crippen LogP contribution in [0.5, 0.6) is 0 Å². The maximum absolute atomic E-state index is 12.4. The first-order chi connectivity index (χ1) is 24.0. The number of hydrogen-bond acceptors (Lipinski definition) is 6. The summed E-state index contributed by atoms with van der Waals surface area (Å²) < 4.78 is 22.9. The van der Waals surface area contributed by atoms with E-state index in [1.807, 2.05) is 28.1 Å². The second kappa shape index (κ2) is 34.3. The number of aliphatic hydroxyl groups is 1.